The molecule has 0 spiro atoms. The number of nitro benzene ring substituents is 1. The third-order valence-electron chi connectivity index (χ3n) is 6.22. The molecular formula is C32H28N4O6S. The van der Waals surface area contributed by atoms with Gasteiger partial charge in [-0.25, -0.2) is 4.98 Å². The molecule has 0 atom stereocenters. The minimum atomic E-state index is -0.660. The topological polar surface area (TPSA) is 136 Å². The van der Waals surface area contributed by atoms with E-state index in [4.69, 9.17) is 14.5 Å². The molecule has 0 saturated heterocycles. The Hall–Kier alpha value is -5.21. The van der Waals surface area contributed by atoms with E-state index in [1.165, 1.54) is 24.3 Å². The first kappa shape index (κ1) is 30.7. The second-order valence-corrected chi connectivity index (χ2v) is 9.99. The number of rotatable bonds is 12. The summed E-state index contributed by atoms with van der Waals surface area (Å²) in [5.74, 6) is -0.666. The van der Waals surface area contributed by atoms with Gasteiger partial charge >= 0.3 is 5.97 Å². The number of aromatic nitrogens is 1. The summed E-state index contributed by atoms with van der Waals surface area (Å²) >= 11 is 1.05. The summed E-state index contributed by atoms with van der Waals surface area (Å²) in [6.45, 7) is 3.75. The van der Waals surface area contributed by atoms with Crippen molar-refractivity contribution in [1.29, 1.82) is 5.26 Å². The number of esters is 1. The zero-order chi connectivity index (χ0) is 30.8. The summed E-state index contributed by atoms with van der Waals surface area (Å²) in [4.78, 5) is 42.6. The SMILES string of the molecule is CCOC(=O)CN(C(=O)CSc1nc(-c2ccc(OCC)cc2)cc(-c2ccccc2)c1C#N)c1cccc([N+](=O)[O-])c1. The molecule has 4 aromatic rings. The van der Waals surface area contributed by atoms with E-state index >= 15 is 0 Å². The van der Waals surface area contributed by atoms with Gasteiger partial charge in [-0.05, 0) is 55.8 Å². The molecule has 10 nitrogen and oxygen atoms in total. The highest BCUT2D eigenvalue weighted by atomic mass is 32.2. The molecule has 1 aromatic heterocycles. The van der Waals surface area contributed by atoms with E-state index < -0.39 is 23.3 Å². The predicted molar refractivity (Wildman–Crippen MR) is 164 cm³/mol. The van der Waals surface area contributed by atoms with Crippen LogP contribution >= 0.6 is 11.8 Å². The minimum Gasteiger partial charge on any atom is -0.494 e. The smallest absolute Gasteiger partial charge is 0.326 e. The van der Waals surface area contributed by atoms with Crippen molar-refractivity contribution < 1.29 is 24.0 Å². The molecule has 4 rings (SSSR count). The van der Waals surface area contributed by atoms with Crippen LogP contribution < -0.4 is 9.64 Å². The van der Waals surface area contributed by atoms with E-state index in [1.807, 2.05) is 67.6 Å². The van der Waals surface area contributed by atoms with Crippen LogP contribution in [0.25, 0.3) is 22.4 Å². The zero-order valence-electron chi connectivity index (χ0n) is 23.6. The maximum atomic E-state index is 13.5. The Kier molecular flexibility index (Phi) is 10.4. The molecule has 0 bridgehead atoms. The van der Waals surface area contributed by atoms with Gasteiger partial charge in [0, 0.05) is 23.3 Å². The van der Waals surface area contributed by atoms with Crippen LogP contribution in [0.3, 0.4) is 0 Å². The van der Waals surface area contributed by atoms with Crippen LogP contribution in [0.15, 0.2) is 90.0 Å². The number of hydrogen-bond donors (Lipinski definition) is 0. The number of nitro groups is 1. The first-order chi connectivity index (χ1) is 20.8. The Labute approximate surface area is 253 Å². The summed E-state index contributed by atoms with van der Waals surface area (Å²) in [6.07, 6.45) is 0. The molecule has 0 aliphatic carbocycles. The van der Waals surface area contributed by atoms with Crippen LogP contribution in [0.2, 0.25) is 0 Å². The van der Waals surface area contributed by atoms with Crippen LogP contribution in [-0.2, 0) is 14.3 Å². The number of carbonyl (C=O) groups is 2. The van der Waals surface area contributed by atoms with Crippen molar-refractivity contribution in [3.8, 4) is 34.2 Å². The van der Waals surface area contributed by atoms with E-state index in [0.29, 0.717) is 34.2 Å². The average Bonchev–Trinajstić information content (AvgIpc) is 3.03. The van der Waals surface area contributed by atoms with Crippen LogP contribution in [0.4, 0.5) is 11.4 Å². The maximum Gasteiger partial charge on any atom is 0.326 e. The summed E-state index contributed by atoms with van der Waals surface area (Å²) in [7, 11) is 0. The number of thioether (sulfide) groups is 1. The normalized spacial score (nSPS) is 10.4. The lowest BCUT2D eigenvalue weighted by atomic mass is 9.99. The highest BCUT2D eigenvalue weighted by Gasteiger charge is 2.24. The van der Waals surface area contributed by atoms with Gasteiger partial charge in [0.15, 0.2) is 0 Å². The standard InChI is InChI=1S/C32H28N4O6S/c1-3-41-26-15-13-23(14-16-26)29-18-27(22-9-6-5-7-10-22)28(19-33)32(34-29)43-21-30(37)35(20-31(38)42-4-2)24-11-8-12-25(17-24)36(39)40/h5-18H,3-4,20-21H2,1-2H3. The Morgan fingerprint density at radius 2 is 1.72 bits per heavy atom. The van der Waals surface area contributed by atoms with Crippen LogP contribution in [-0.4, -0.2) is 47.3 Å². The molecule has 43 heavy (non-hydrogen) atoms. The van der Waals surface area contributed by atoms with E-state index in [9.17, 15) is 25.0 Å². The van der Waals surface area contributed by atoms with Crippen molar-refractivity contribution in [2.24, 2.45) is 0 Å². The highest BCUT2D eigenvalue weighted by molar-refractivity contribution is 8.00. The second kappa shape index (κ2) is 14.6. The molecule has 0 aliphatic heterocycles. The summed E-state index contributed by atoms with van der Waals surface area (Å²) in [5.41, 5.74) is 3.09. The number of anilines is 1. The Balaban J connectivity index is 1.71. The molecule has 0 aliphatic rings. The van der Waals surface area contributed by atoms with E-state index in [-0.39, 0.29) is 23.7 Å². The molecule has 0 unspecified atom stereocenters. The van der Waals surface area contributed by atoms with E-state index in [1.54, 1.807) is 6.92 Å². The lowest BCUT2D eigenvalue weighted by Gasteiger charge is -2.22. The maximum absolute atomic E-state index is 13.5. The number of hydrogen-bond acceptors (Lipinski definition) is 9. The van der Waals surface area contributed by atoms with Crippen LogP contribution in [0.1, 0.15) is 19.4 Å². The lowest BCUT2D eigenvalue weighted by molar-refractivity contribution is -0.384. The molecule has 1 amide bonds. The van der Waals surface area contributed by atoms with Gasteiger partial charge in [0.25, 0.3) is 5.69 Å². The van der Waals surface area contributed by atoms with Crippen molar-refractivity contribution in [1.82, 2.24) is 4.98 Å². The number of nitriles is 1. The summed E-state index contributed by atoms with van der Waals surface area (Å²) < 4.78 is 10.6. The van der Waals surface area contributed by atoms with Gasteiger partial charge in [-0.2, -0.15) is 5.26 Å². The molecule has 0 N–H and O–H groups in total. The van der Waals surface area contributed by atoms with Gasteiger partial charge in [-0.1, -0.05) is 48.2 Å². The molecule has 0 saturated carbocycles. The quantitative estimate of drug-likeness (QED) is 0.0801. The number of benzene rings is 3. The average molecular weight is 597 g/mol. The number of pyridine rings is 1. The third-order valence-corrected chi connectivity index (χ3v) is 7.18. The number of non-ortho nitro benzene ring substituents is 1. The molecule has 0 radical (unpaired) electrons. The number of nitrogens with zero attached hydrogens (tertiary/aromatic N) is 4. The Bertz CT molecular complexity index is 1660. The summed E-state index contributed by atoms with van der Waals surface area (Å²) in [5, 5.41) is 21.9. The largest absolute Gasteiger partial charge is 0.494 e. The zero-order valence-corrected chi connectivity index (χ0v) is 24.4. The number of carbonyl (C=O) groups excluding carboxylic acids is 2. The molecule has 218 valence electrons. The van der Waals surface area contributed by atoms with Crippen molar-refractivity contribution in [2.75, 3.05) is 30.4 Å². The molecule has 1 heterocycles. The molecule has 11 heteroatoms. The highest BCUT2D eigenvalue weighted by Crippen LogP contribution is 2.35. The lowest BCUT2D eigenvalue weighted by Crippen LogP contribution is -2.37. The first-order valence-electron chi connectivity index (χ1n) is 13.4. The van der Waals surface area contributed by atoms with E-state index in [2.05, 4.69) is 6.07 Å². The second-order valence-electron chi connectivity index (χ2n) is 9.02. The van der Waals surface area contributed by atoms with Gasteiger partial charge in [0.05, 0.1) is 40.8 Å². The minimum absolute atomic E-state index is 0.112. The fourth-order valence-electron chi connectivity index (χ4n) is 4.26. The van der Waals surface area contributed by atoms with Crippen molar-refractivity contribution in [3.05, 3.63) is 101 Å². The van der Waals surface area contributed by atoms with E-state index in [0.717, 1.165) is 27.8 Å². The van der Waals surface area contributed by atoms with Crippen LogP contribution in [0.5, 0.6) is 5.75 Å². The van der Waals surface area contributed by atoms with Crippen LogP contribution in [0, 0.1) is 21.4 Å². The van der Waals surface area contributed by atoms with Crippen molar-refractivity contribution >= 4 is 35.0 Å². The fourth-order valence-corrected chi connectivity index (χ4v) is 5.14. The number of ether oxygens (including phenoxy) is 2. The molecule has 3 aromatic carbocycles. The first-order valence-corrected chi connectivity index (χ1v) is 14.4. The van der Waals surface area contributed by atoms with Gasteiger partial charge in [0.1, 0.15) is 23.4 Å². The fraction of sp³-hybridized carbons (Fsp3) is 0.188. The molecular weight excluding hydrogens is 568 g/mol. The van der Waals surface area contributed by atoms with Gasteiger partial charge in [0.2, 0.25) is 5.91 Å². The van der Waals surface area contributed by atoms with Gasteiger partial charge in [-0.15, -0.1) is 0 Å². The third kappa shape index (κ3) is 7.75. The van der Waals surface area contributed by atoms with Crippen molar-refractivity contribution in [3.63, 3.8) is 0 Å². The summed E-state index contributed by atoms with van der Waals surface area (Å²) in [6, 6.07) is 26.4. The Morgan fingerprint density at radius 3 is 2.37 bits per heavy atom. The van der Waals surface area contributed by atoms with Gasteiger partial charge in [-0.3, -0.25) is 19.7 Å². The number of amides is 1. The van der Waals surface area contributed by atoms with Crippen molar-refractivity contribution in [2.45, 2.75) is 18.9 Å². The predicted octanol–water partition coefficient (Wildman–Crippen LogP) is 6.28. The molecule has 0 fully saturated rings. The van der Waals surface area contributed by atoms with Gasteiger partial charge < -0.3 is 14.4 Å². The Morgan fingerprint density at radius 1 is 0.977 bits per heavy atom. The monoisotopic (exact) mass is 596 g/mol.